The molecule has 2 amide bonds. The Kier molecular flexibility index (Phi) is 9.61. The molecule has 0 aliphatic carbocycles. The summed E-state index contributed by atoms with van der Waals surface area (Å²) in [5.74, 6) is 0.105. The van der Waals surface area contributed by atoms with Gasteiger partial charge in [-0.2, -0.15) is 0 Å². The number of hydrogen-bond acceptors (Lipinski definition) is 3. The molecule has 0 unspecified atom stereocenters. The molecule has 3 aromatic carbocycles. The summed E-state index contributed by atoms with van der Waals surface area (Å²) in [6.07, 6.45) is 0.370. The first kappa shape index (κ1) is 29.2. The van der Waals surface area contributed by atoms with Crippen molar-refractivity contribution in [3.8, 4) is 5.75 Å². The molecule has 0 saturated carbocycles. The monoisotopic (exact) mass is 534 g/mol. The van der Waals surface area contributed by atoms with Crippen LogP contribution in [-0.2, 0) is 28.0 Å². The summed E-state index contributed by atoms with van der Waals surface area (Å²) in [4.78, 5) is 28.9. The van der Waals surface area contributed by atoms with Gasteiger partial charge in [-0.3, -0.25) is 9.59 Å². The van der Waals surface area contributed by atoms with Crippen molar-refractivity contribution in [1.29, 1.82) is 0 Å². The van der Waals surface area contributed by atoms with Gasteiger partial charge >= 0.3 is 0 Å². The van der Waals surface area contributed by atoms with Gasteiger partial charge in [-0.15, -0.1) is 0 Å². The van der Waals surface area contributed by atoms with Crippen LogP contribution < -0.4 is 10.1 Å². The van der Waals surface area contributed by atoms with Gasteiger partial charge in [0.2, 0.25) is 5.91 Å². The number of nitrogens with zero attached hydrogens (tertiary/aromatic N) is 1. The van der Waals surface area contributed by atoms with Crippen LogP contribution >= 0.6 is 11.6 Å². The van der Waals surface area contributed by atoms with Crippen molar-refractivity contribution in [2.45, 2.75) is 71.5 Å². The van der Waals surface area contributed by atoms with E-state index in [0.29, 0.717) is 17.2 Å². The SMILES string of the molecule is CC(C)(C)NC(=O)[C@H](Cc1ccccc1)N(Cc1cccc(Cl)c1)C(=O)COc1ccc(C(C)(C)C)cc1. The van der Waals surface area contributed by atoms with E-state index in [4.69, 9.17) is 16.3 Å². The minimum Gasteiger partial charge on any atom is -0.484 e. The Hall–Kier alpha value is -3.31. The number of halogens is 1. The number of ether oxygens (including phenoxy) is 1. The zero-order chi connectivity index (χ0) is 27.9. The largest absolute Gasteiger partial charge is 0.484 e. The van der Waals surface area contributed by atoms with E-state index in [9.17, 15) is 9.59 Å². The Bertz CT molecular complexity index is 1210. The van der Waals surface area contributed by atoms with Crippen LogP contribution in [0.25, 0.3) is 0 Å². The Morgan fingerprint density at radius 2 is 1.50 bits per heavy atom. The number of nitrogens with one attached hydrogen (secondary N) is 1. The van der Waals surface area contributed by atoms with Crippen LogP contribution in [-0.4, -0.2) is 34.9 Å². The zero-order valence-electron chi connectivity index (χ0n) is 23.3. The molecule has 0 bridgehead atoms. The molecule has 38 heavy (non-hydrogen) atoms. The maximum Gasteiger partial charge on any atom is 0.261 e. The standard InChI is InChI=1S/C32H39ClN2O3/c1-31(2,3)25-15-17-27(18-16-25)38-22-29(36)35(21-24-13-10-14-26(33)19-24)28(30(37)34-32(4,5)6)20-23-11-8-7-9-12-23/h7-19,28H,20-22H2,1-6H3,(H,34,37)/t28-/m0/s1. The highest BCUT2D eigenvalue weighted by molar-refractivity contribution is 6.30. The molecule has 0 aliphatic rings. The lowest BCUT2D eigenvalue weighted by Gasteiger charge is -2.33. The van der Waals surface area contributed by atoms with Crippen LogP contribution in [0.5, 0.6) is 5.75 Å². The van der Waals surface area contributed by atoms with Crippen LogP contribution in [0.4, 0.5) is 0 Å². The number of carbonyl (C=O) groups is 2. The topological polar surface area (TPSA) is 58.6 Å². The van der Waals surface area contributed by atoms with Crippen LogP contribution in [0.15, 0.2) is 78.9 Å². The zero-order valence-corrected chi connectivity index (χ0v) is 24.0. The molecule has 1 N–H and O–H groups in total. The lowest BCUT2D eigenvalue weighted by atomic mass is 9.87. The average molecular weight is 535 g/mol. The predicted molar refractivity (Wildman–Crippen MR) is 154 cm³/mol. The molecule has 3 aromatic rings. The van der Waals surface area contributed by atoms with Crippen molar-refractivity contribution < 1.29 is 14.3 Å². The minimum atomic E-state index is -0.741. The second-order valence-corrected chi connectivity index (χ2v) is 12.1. The maximum absolute atomic E-state index is 13.7. The van der Waals surface area contributed by atoms with Crippen molar-refractivity contribution in [3.05, 3.63) is 101 Å². The Balaban J connectivity index is 1.90. The van der Waals surface area contributed by atoms with Gasteiger partial charge in [-0.25, -0.2) is 0 Å². The fourth-order valence-corrected chi connectivity index (χ4v) is 4.33. The molecule has 0 spiro atoms. The third-order valence-corrected chi connectivity index (χ3v) is 6.33. The van der Waals surface area contributed by atoms with Crippen molar-refractivity contribution >= 4 is 23.4 Å². The van der Waals surface area contributed by atoms with E-state index >= 15 is 0 Å². The summed E-state index contributed by atoms with van der Waals surface area (Å²) in [5.41, 5.74) is 2.54. The van der Waals surface area contributed by atoms with Crippen LogP contribution in [0, 0.1) is 0 Å². The second kappa shape index (κ2) is 12.5. The van der Waals surface area contributed by atoms with E-state index in [1.54, 1.807) is 11.0 Å². The first-order valence-corrected chi connectivity index (χ1v) is 13.3. The Morgan fingerprint density at radius 1 is 0.868 bits per heavy atom. The molecule has 0 aliphatic heterocycles. The number of benzene rings is 3. The molecular formula is C32H39ClN2O3. The quantitative estimate of drug-likeness (QED) is 0.338. The van der Waals surface area contributed by atoms with Gasteiger partial charge in [0, 0.05) is 23.5 Å². The summed E-state index contributed by atoms with van der Waals surface area (Å²) < 4.78 is 5.91. The average Bonchev–Trinajstić information content (AvgIpc) is 2.84. The van der Waals surface area contributed by atoms with Gasteiger partial charge in [0.05, 0.1) is 0 Å². The van der Waals surface area contributed by atoms with Crippen LogP contribution in [0.3, 0.4) is 0 Å². The fraction of sp³-hybridized carbons (Fsp3) is 0.375. The summed E-state index contributed by atoms with van der Waals surface area (Å²) in [6, 6.07) is 24.1. The lowest BCUT2D eigenvalue weighted by Crippen LogP contribution is -2.55. The number of hydrogen-bond donors (Lipinski definition) is 1. The third-order valence-electron chi connectivity index (χ3n) is 6.09. The number of amides is 2. The lowest BCUT2D eigenvalue weighted by molar-refractivity contribution is -0.143. The van der Waals surface area contributed by atoms with Crippen LogP contribution in [0.2, 0.25) is 5.02 Å². The molecule has 202 valence electrons. The summed E-state index contributed by atoms with van der Waals surface area (Å²) in [5, 5.41) is 3.64. The van der Waals surface area contributed by atoms with Gasteiger partial charge in [-0.1, -0.05) is 87.0 Å². The molecular weight excluding hydrogens is 496 g/mol. The van der Waals surface area contributed by atoms with Crippen LogP contribution in [0.1, 0.15) is 58.2 Å². The van der Waals surface area contributed by atoms with E-state index in [0.717, 1.165) is 11.1 Å². The van der Waals surface area contributed by atoms with Gasteiger partial charge in [-0.05, 0) is 67.1 Å². The molecule has 0 heterocycles. The third kappa shape index (κ3) is 8.91. The van der Waals surface area contributed by atoms with Gasteiger partial charge < -0.3 is 15.0 Å². The van der Waals surface area contributed by atoms with Crippen molar-refractivity contribution in [2.75, 3.05) is 6.61 Å². The summed E-state index contributed by atoms with van der Waals surface area (Å²) in [6.45, 7) is 12.3. The van der Waals surface area contributed by atoms with E-state index in [1.807, 2.05) is 93.6 Å². The highest BCUT2D eigenvalue weighted by Gasteiger charge is 2.32. The van der Waals surface area contributed by atoms with E-state index in [-0.39, 0.29) is 30.4 Å². The second-order valence-electron chi connectivity index (χ2n) is 11.7. The van der Waals surface area contributed by atoms with Gasteiger partial charge in [0.25, 0.3) is 5.91 Å². The molecule has 5 nitrogen and oxygen atoms in total. The Labute approximate surface area is 232 Å². The summed E-state index contributed by atoms with van der Waals surface area (Å²) >= 11 is 6.25. The number of carbonyl (C=O) groups excluding carboxylic acids is 2. The Morgan fingerprint density at radius 3 is 2.08 bits per heavy atom. The molecule has 3 rings (SSSR count). The first-order valence-electron chi connectivity index (χ1n) is 12.9. The van der Waals surface area contributed by atoms with Gasteiger partial charge in [0.15, 0.2) is 6.61 Å². The van der Waals surface area contributed by atoms with E-state index in [1.165, 1.54) is 5.56 Å². The first-order chi connectivity index (χ1) is 17.8. The smallest absolute Gasteiger partial charge is 0.261 e. The van der Waals surface area contributed by atoms with E-state index in [2.05, 4.69) is 26.1 Å². The minimum absolute atomic E-state index is 0.0210. The molecule has 0 saturated heterocycles. The maximum atomic E-state index is 13.7. The fourth-order valence-electron chi connectivity index (χ4n) is 4.12. The summed E-state index contributed by atoms with van der Waals surface area (Å²) in [7, 11) is 0. The van der Waals surface area contributed by atoms with Crippen molar-refractivity contribution in [2.24, 2.45) is 0 Å². The number of rotatable bonds is 9. The predicted octanol–water partition coefficient (Wildman–Crippen LogP) is 6.57. The van der Waals surface area contributed by atoms with Gasteiger partial charge in [0.1, 0.15) is 11.8 Å². The van der Waals surface area contributed by atoms with Crippen molar-refractivity contribution in [3.63, 3.8) is 0 Å². The highest BCUT2D eigenvalue weighted by atomic mass is 35.5. The van der Waals surface area contributed by atoms with E-state index < -0.39 is 11.6 Å². The van der Waals surface area contributed by atoms with Crippen molar-refractivity contribution in [1.82, 2.24) is 10.2 Å². The molecule has 0 fully saturated rings. The molecule has 0 aromatic heterocycles. The highest BCUT2D eigenvalue weighted by Crippen LogP contribution is 2.24. The molecule has 0 radical (unpaired) electrons. The molecule has 6 heteroatoms. The molecule has 1 atom stereocenters. The normalized spacial score (nSPS) is 12.5.